The zero-order valence-electron chi connectivity index (χ0n) is 20.2. The minimum atomic E-state index is -3.87. The lowest BCUT2D eigenvalue weighted by Gasteiger charge is -2.41. The monoisotopic (exact) mass is 526 g/mol. The molecule has 0 unspecified atom stereocenters. The Morgan fingerprint density at radius 3 is 2.46 bits per heavy atom. The average Bonchev–Trinajstić information content (AvgIpc) is 3.38. The number of hydrogen-bond acceptors (Lipinski definition) is 7. The van der Waals surface area contributed by atoms with Gasteiger partial charge in [-0.2, -0.15) is 4.31 Å². The van der Waals surface area contributed by atoms with Gasteiger partial charge in [0.25, 0.3) is 0 Å². The minimum Gasteiger partial charge on any atom is -0.445 e. The number of aliphatic hydroxyl groups is 3. The van der Waals surface area contributed by atoms with E-state index in [2.05, 4.69) is 0 Å². The van der Waals surface area contributed by atoms with Gasteiger partial charge in [-0.3, -0.25) is 0 Å². The summed E-state index contributed by atoms with van der Waals surface area (Å²) in [4.78, 5) is 14.8. The summed E-state index contributed by atoms with van der Waals surface area (Å²) in [5.41, 5.74) is -1.67. The first kappa shape index (κ1) is 25.6. The molecule has 3 aliphatic rings. The van der Waals surface area contributed by atoms with E-state index < -0.39 is 39.3 Å². The topological polar surface area (TPSA) is 128 Å². The second kappa shape index (κ2) is 9.70. The quantitative estimate of drug-likeness (QED) is 0.489. The highest BCUT2D eigenvalue weighted by Gasteiger charge is 2.70. The van der Waals surface area contributed by atoms with Crippen molar-refractivity contribution in [3.05, 3.63) is 90.0 Å². The first-order valence-corrected chi connectivity index (χ1v) is 13.6. The molecule has 2 heterocycles. The number of ether oxygens (including phenoxy) is 1. The maximum Gasteiger partial charge on any atom is 0.410 e. The Balaban J connectivity index is 1.50. The molecule has 0 aromatic heterocycles. The number of amides is 1. The van der Waals surface area contributed by atoms with E-state index in [-0.39, 0.29) is 37.7 Å². The second-order valence-corrected chi connectivity index (χ2v) is 11.6. The van der Waals surface area contributed by atoms with E-state index in [4.69, 9.17) is 4.74 Å². The van der Waals surface area contributed by atoms with Crippen molar-refractivity contribution < 1.29 is 33.3 Å². The lowest BCUT2D eigenvalue weighted by atomic mass is 9.75. The van der Waals surface area contributed by atoms with E-state index in [1.165, 1.54) is 33.5 Å². The number of sulfonamides is 1. The van der Waals surface area contributed by atoms with Crippen LogP contribution in [0.25, 0.3) is 0 Å². The number of likely N-dealkylation sites (tertiary alicyclic amines) is 1. The first-order chi connectivity index (χ1) is 17.7. The molecule has 1 spiro atoms. The first-order valence-electron chi connectivity index (χ1n) is 12.2. The highest BCUT2D eigenvalue weighted by molar-refractivity contribution is 7.89. The average molecular weight is 527 g/mol. The van der Waals surface area contributed by atoms with Crippen molar-refractivity contribution in [1.82, 2.24) is 9.21 Å². The van der Waals surface area contributed by atoms with E-state index in [9.17, 15) is 28.5 Å². The van der Waals surface area contributed by atoms with Crippen molar-refractivity contribution in [2.75, 3.05) is 26.2 Å². The molecule has 10 heteroatoms. The Hall–Kier alpha value is -3.02. The summed E-state index contributed by atoms with van der Waals surface area (Å²) in [6.45, 7) is -0.135. The van der Waals surface area contributed by atoms with Gasteiger partial charge in [0.1, 0.15) is 18.3 Å². The van der Waals surface area contributed by atoms with E-state index in [1.807, 2.05) is 30.3 Å². The van der Waals surface area contributed by atoms with Crippen LogP contribution in [0.1, 0.15) is 12.0 Å². The van der Waals surface area contributed by atoms with Crippen LogP contribution in [0.5, 0.6) is 0 Å². The molecule has 2 aromatic carbocycles. The van der Waals surface area contributed by atoms with Gasteiger partial charge in [-0.1, -0.05) is 60.7 Å². The van der Waals surface area contributed by atoms with Gasteiger partial charge in [0.2, 0.25) is 10.0 Å². The third-order valence-corrected chi connectivity index (χ3v) is 9.49. The van der Waals surface area contributed by atoms with Gasteiger partial charge in [-0.25, -0.2) is 13.2 Å². The number of carbonyl (C=O) groups is 1. The summed E-state index contributed by atoms with van der Waals surface area (Å²) in [5, 5.41) is 32.5. The van der Waals surface area contributed by atoms with Gasteiger partial charge in [0.05, 0.1) is 17.5 Å². The summed E-state index contributed by atoms with van der Waals surface area (Å²) >= 11 is 0. The molecule has 2 aromatic rings. The molecule has 4 atom stereocenters. The summed E-state index contributed by atoms with van der Waals surface area (Å²) in [5.74, 6) is 0. The van der Waals surface area contributed by atoms with Gasteiger partial charge in [0, 0.05) is 25.0 Å². The predicted molar refractivity (Wildman–Crippen MR) is 135 cm³/mol. The largest absolute Gasteiger partial charge is 0.445 e. The smallest absolute Gasteiger partial charge is 0.410 e. The fraction of sp³-hybridized carbons (Fsp3) is 0.370. The Kier molecular flexibility index (Phi) is 6.71. The third-order valence-electron chi connectivity index (χ3n) is 7.66. The highest BCUT2D eigenvalue weighted by Crippen LogP contribution is 2.59. The maximum atomic E-state index is 13.5. The van der Waals surface area contributed by atoms with Crippen LogP contribution in [0.2, 0.25) is 0 Å². The summed E-state index contributed by atoms with van der Waals surface area (Å²) in [6.07, 6.45) is 2.55. The normalized spacial score (nSPS) is 29.7. The van der Waals surface area contributed by atoms with Gasteiger partial charge < -0.3 is 25.0 Å². The van der Waals surface area contributed by atoms with Crippen molar-refractivity contribution in [2.45, 2.75) is 35.7 Å². The number of rotatable bonds is 6. The van der Waals surface area contributed by atoms with Gasteiger partial charge in [-0.15, -0.1) is 0 Å². The maximum absolute atomic E-state index is 13.5. The Labute approximate surface area is 216 Å². The van der Waals surface area contributed by atoms with Crippen molar-refractivity contribution in [1.29, 1.82) is 0 Å². The van der Waals surface area contributed by atoms with Crippen molar-refractivity contribution in [3.63, 3.8) is 0 Å². The third kappa shape index (κ3) is 4.18. The molecule has 5 rings (SSSR count). The molecular weight excluding hydrogens is 496 g/mol. The molecule has 1 amide bonds. The summed E-state index contributed by atoms with van der Waals surface area (Å²) in [6, 6.07) is 16.3. The van der Waals surface area contributed by atoms with E-state index in [0.717, 1.165) is 5.56 Å². The highest BCUT2D eigenvalue weighted by atomic mass is 32.2. The van der Waals surface area contributed by atoms with Crippen LogP contribution in [0.15, 0.2) is 89.4 Å². The van der Waals surface area contributed by atoms with Gasteiger partial charge in [0.15, 0.2) is 0 Å². The van der Waals surface area contributed by atoms with Crippen LogP contribution in [-0.2, 0) is 21.4 Å². The molecule has 0 radical (unpaired) electrons. The molecule has 1 saturated heterocycles. The minimum absolute atomic E-state index is 0.0183. The molecular formula is C27H30N2O7S. The molecule has 196 valence electrons. The Morgan fingerprint density at radius 2 is 1.78 bits per heavy atom. The van der Waals surface area contributed by atoms with Crippen LogP contribution in [0.4, 0.5) is 4.79 Å². The zero-order chi connectivity index (χ0) is 26.3. The van der Waals surface area contributed by atoms with Crippen molar-refractivity contribution in [2.24, 2.45) is 5.41 Å². The molecule has 37 heavy (non-hydrogen) atoms. The van der Waals surface area contributed by atoms with Crippen LogP contribution in [0.3, 0.4) is 0 Å². The van der Waals surface area contributed by atoms with Crippen LogP contribution >= 0.6 is 0 Å². The Morgan fingerprint density at radius 1 is 1.11 bits per heavy atom. The molecule has 1 aliphatic carbocycles. The van der Waals surface area contributed by atoms with Crippen LogP contribution in [0, 0.1) is 5.41 Å². The SMILES string of the molecule is O=C(OCc1ccccc1)N1CC[C@]23CN(S(=O)(=O)c4ccccc4)CC=C2[C@@H](O)[C@@](O)(/C=C\CO)[C@H]13. The summed E-state index contributed by atoms with van der Waals surface area (Å²) < 4.78 is 33.8. The van der Waals surface area contributed by atoms with E-state index in [1.54, 1.807) is 24.3 Å². The Bertz CT molecular complexity index is 1310. The second-order valence-electron chi connectivity index (χ2n) is 9.69. The van der Waals surface area contributed by atoms with E-state index in [0.29, 0.717) is 12.0 Å². The van der Waals surface area contributed by atoms with Crippen LogP contribution in [-0.4, -0.2) is 83.0 Å². The number of carbonyl (C=O) groups excluding carboxylic acids is 1. The molecule has 9 nitrogen and oxygen atoms in total. The lowest BCUT2D eigenvalue weighted by Crippen LogP contribution is -2.57. The van der Waals surface area contributed by atoms with Crippen molar-refractivity contribution in [3.8, 4) is 0 Å². The standard InChI is InChI=1S/C27H30N2O7S/c30-17-7-13-27(33)23(31)22-12-15-28(37(34,35)21-10-5-2-6-11-21)19-26(22)14-16-29(24(26)27)25(32)36-18-20-8-3-1-4-9-20/h1-13,23-24,30-31,33H,14-19H2/b13-7-/t23-,24-,26+,27+/m1/s1. The molecule has 0 bridgehead atoms. The van der Waals surface area contributed by atoms with Gasteiger partial charge in [-0.05, 0) is 35.8 Å². The number of aliphatic hydroxyl groups excluding tert-OH is 2. The van der Waals surface area contributed by atoms with E-state index >= 15 is 0 Å². The fourth-order valence-electron chi connectivity index (χ4n) is 6.05. The van der Waals surface area contributed by atoms with Gasteiger partial charge >= 0.3 is 6.09 Å². The molecule has 2 aliphatic heterocycles. The number of hydrogen-bond donors (Lipinski definition) is 3. The molecule has 3 N–H and O–H groups in total. The predicted octanol–water partition coefficient (Wildman–Crippen LogP) is 1.67. The number of nitrogens with zero attached hydrogens (tertiary/aromatic N) is 2. The van der Waals surface area contributed by atoms with Crippen molar-refractivity contribution >= 4 is 16.1 Å². The zero-order valence-corrected chi connectivity index (χ0v) is 21.0. The fourth-order valence-corrected chi connectivity index (χ4v) is 7.52. The lowest BCUT2D eigenvalue weighted by molar-refractivity contribution is -0.0531. The molecule has 2 fully saturated rings. The van der Waals surface area contributed by atoms with Crippen LogP contribution < -0.4 is 0 Å². The molecule has 1 saturated carbocycles. The summed E-state index contributed by atoms with van der Waals surface area (Å²) in [7, 11) is -3.87. The number of benzene rings is 2.